The third-order valence-corrected chi connectivity index (χ3v) is 6.46. The summed E-state index contributed by atoms with van der Waals surface area (Å²) in [5.41, 5.74) is 2.87. The fourth-order valence-corrected chi connectivity index (χ4v) is 4.46. The van der Waals surface area contributed by atoms with Gasteiger partial charge in [0.2, 0.25) is 0 Å². The number of hydrogen-bond acceptors (Lipinski definition) is 5. The topological polar surface area (TPSA) is 71.3 Å². The van der Waals surface area contributed by atoms with Crippen molar-refractivity contribution in [2.24, 2.45) is 4.99 Å². The van der Waals surface area contributed by atoms with Gasteiger partial charge in [-0.3, -0.25) is 4.99 Å². The van der Waals surface area contributed by atoms with Crippen molar-refractivity contribution in [2.45, 2.75) is 82.6 Å². The molecule has 186 valence electrons. The Morgan fingerprint density at radius 2 is 1.44 bits per heavy atom. The quantitative estimate of drug-likeness (QED) is 0.297. The molecule has 5 nitrogen and oxygen atoms in total. The summed E-state index contributed by atoms with van der Waals surface area (Å²) in [6.45, 7) is 2.88. The summed E-state index contributed by atoms with van der Waals surface area (Å²) >= 11 is 0. The van der Waals surface area contributed by atoms with E-state index < -0.39 is 18.3 Å². The SMILES string of the molecule is CCCCCCCCCCOC1[C@H](O)C(CO)OC[C@@H]1N=C(c1ccccc1)c1ccccc1. The number of ether oxygens (including phenoxy) is 2. The molecule has 2 aromatic carbocycles. The van der Waals surface area contributed by atoms with Crippen molar-refractivity contribution in [1.82, 2.24) is 0 Å². The van der Waals surface area contributed by atoms with E-state index in [-0.39, 0.29) is 12.6 Å². The van der Waals surface area contributed by atoms with E-state index >= 15 is 0 Å². The molecular weight excluding hydrogens is 426 g/mol. The predicted molar refractivity (Wildman–Crippen MR) is 137 cm³/mol. The Hall–Kier alpha value is -2.05. The van der Waals surface area contributed by atoms with Crippen molar-refractivity contribution >= 4 is 5.71 Å². The van der Waals surface area contributed by atoms with Crippen LogP contribution in [0.25, 0.3) is 0 Å². The van der Waals surface area contributed by atoms with Crippen LogP contribution >= 0.6 is 0 Å². The Kier molecular flexibility index (Phi) is 11.8. The molecule has 0 bridgehead atoms. The fourth-order valence-electron chi connectivity index (χ4n) is 4.46. The minimum absolute atomic E-state index is 0.237. The molecule has 1 fully saturated rings. The van der Waals surface area contributed by atoms with Gasteiger partial charge < -0.3 is 19.7 Å². The summed E-state index contributed by atoms with van der Waals surface area (Å²) in [5, 5.41) is 20.6. The number of aliphatic hydroxyl groups is 2. The van der Waals surface area contributed by atoms with E-state index in [2.05, 4.69) is 6.92 Å². The summed E-state index contributed by atoms with van der Waals surface area (Å²) in [6.07, 6.45) is 7.73. The molecule has 1 aliphatic heterocycles. The molecule has 0 amide bonds. The lowest BCUT2D eigenvalue weighted by Crippen LogP contribution is -2.55. The first-order valence-corrected chi connectivity index (χ1v) is 12.9. The van der Waals surface area contributed by atoms with E-state index in [9.17, 15) is 10.2 Å². The van der Waals surface area contributed by atoms with Gasteiger partial charge in [-0.05, 0) is 6.42 Å². The van der Waals surface area contributed by atoms with E-state index in [0.29, 0.717) is 13.2 Å². The summed E-state index contributed by atoms with van der Waals surface area (Å²) in [7, 11) is 0. The van der Waals surface area contributed by atoms with Gasteiger partial charge in [0.25, 0.3) is 0 Å². The molecule has 0 spiro atoms. The lowest BCUT2D eigenvalue weighted by Gasteiger charge is -2.38. The molecule has 1 heterocycles. The highest BCUT2D eigenvalue weighted by Gasteiger charge is 2.40. The Balaban J connectivity index is 1.67. The number of hydrogen-bond donors (Lipinski definition) is 2. The van der Waals surface area contributed by atoms with E-state index in [4.69, 9.17) is 14.5 Å². The van der Waals surface area contributed by atoms with E-state index in [1.165, 1.54) is 38.5 Å². The summed E-state index contributed by atoms with van der Waals surface area (Å²) < 4.78 is 12.0. The van der Waals surface area contributed by atoms with E-state index in [1.807, 2.05) is 60.7 Å². The summed E-state index contributed by atoms with van der Waals surface area (Å²) in [6, 6.07) is 19.8. The highest BCUT2D eigenvalue weighted by molar-refractivity contribution is 6.13. The van der Waals surface area contributed by atoms with Crippen LogP contribution in [-0.2, 0) is 9.47 Å². The zero-order valence-corrected chi connectivity index (χ0v) is 20.5. The molecular formula is C29H41NO4. The highest BCUT2D eigenvalue weighted by atomic mass is 16.5. The van der Waals surface area contributed by atoms with Gasteiger partial charge in [0.15, 0.2) is 0 Å². The van der Waals surface area contributed by atoms with Gasteiger partial charge in [0, 0.05) is 17.7 Å². The van der Waals surface area contributed by atoms with Crippen LogP contribution in [-0.4, -0.2) is 60.1 Å². The third kappa shape index (κ3) is 8.02. The molecule has 4 atom stereocenters. The Labute approximate surface area is 204 Å². The first-order chi connectivity index (χ1) is 16.7. The van der Waals surface area contributed by atoms with E-state index in [1.54, 1.807) is 0 Å². The van der Waals surface area contributed by atoms with Gasteiger partial charge in [-0.2, -0.15) is 0 Å². The molecule has 5 heteroatoms. The van der Waals surface area contributed by atoms with Crippen LogP contribution in [0.5, 0.6) is 0 Å². The molecule has 3 rings (SSSR count). The fraction of sp³-hybridized carbons (Fsp3) is 0.552. The normalized spacial score (nSPS) is 22.4. The molecule has 2 aromatic rings. The van der Waals surface area contributed by atoms with Crippen LogP contribution in [0.15, 0.2) is 65.7 Å². The maximum atomic E-state index is 10.9. The second-order valence-corrected chi connectivity index (χ2v) is 9.13. The number of unbranched alkanes of at least 4 members (excludes halogenated alkanes) is 7. The van der Waals surface area contributed by atoms with Crippen LogP contribution in [0.4, 0.5) is 0 Å². The summed E-state index contributed by atoms with van der Waals surface area (Å²) in [4.78, 5) is 5.06. The lowest BCUT2D eigenvalue weighted by atomic mass is 9.96. The maximum absolute atomic E-state index is 10.9. The Bertz CT molecular complexity index is 785. The highest BCUT2D eigenvalue weighted by Crippen LogP contribution is 2.24. The predicted octanol–water partition coefficient (Wildman–Crippen LogP) is 5.17. The Morgan fingerprint density at radius 3 is 2.00 bits per heavy atom. The van der Waals surface area contributed by atoms with Crippen molar-refractivity contribution in [2.75, 3.05) is 19.8 Å². The van der Waals surface area contributed by atoms with Crippen molar-refractivity contribution in [3.8, 4) is 0 Å². The maximum Gasteiger partial charge on any atom is 0.111 e. The standard InChI is InChI=1S/C29H41NO4/c1-2-3-4-5-6-7-8-15-20-33-29-25(22-34-26(21-31)28(29)32)30-27(23-16-11-9-12-17-23)24-18-13-10-14-19-24/h9-14,16-19,25-26,28-29,31-32H,2-8,15,20-22H2,1H3/t25-,26?,28+,29?/m0/s1. The second kappa shape index (κ2) is 15.0. The van der Waals surface area contributed by atoms with Crippen LogP contribution < -0.4 is 0 Å². The zero-order chi connectivity index (χ0) is 24.0. The van der Waals surface area contributed by atoms with Crippen LogP contribution in [0.2, 0.25) is 0 Å². The minimum atomic E-state index is -0.922. The molecule has 34 heavy (non-hydrogen) atoms. The van der Waals surface area contributed by atoms with E-state index in [0.717, 1.165) is 29.7 Å². The first-order valence-electron chi connectivity index (χ1n) is 12.9. The minimum Gasteiger partial charge on any atom is -0.394 e. The smallest absolute Gasteiger partial charge is 0.111 e. The van der Waals surface area contributed by atoms with Crippen LogP contribution in [0.1, 0.15) is 69.4 Å². The number of nitrogens with zero attached hydrogens (tertiary/aromatic N) is 1. The molecule has 2 unspecified atom stereocenters. The molecule has 0 radical (unpaired) electrons. The monoisotopic (exact) mass is 467 g/mol. The van der Waals surface area contributed by atoms with Gasteiger partial charge in [0.1, 0.15) is 24.4 Å². The molecule has 1 aliphatic rings. The van der Waals surface area contributed by atoms with Crippen molar-refractivity contribution < 1.29 is 19.7 Å². The van der Waals surface area contributed by atoms with Crippen LogP contribution in [0.3, 0.4) is 0 Å². The molecule has 2 N–H and O–H groups in total. The number of rotatable bonds is 14. The number of aliphatic hydroxyl groups excluding tert-OH is 2. The van der Waals surface area contributed by atoms with Gasteiger partial charge in [-0.25, -0.2) is 0 Å². The van der Waals surface area contributed by atoms with Crippen molar-refractivity contribution in [3.63, 3.8) is 0 Å². The van der Waals surface area contributed by atoms with Crippen molar-refractivity contribution in [3.05, 3.63) is 71.8 Å². The largest absolute Gasteiger partial charge is 0.394 e. The van der Waals surface area contributed by atoms with Gasteiger partial charge in [0.05, 0.1) is 18.9 Å². The lowest BCUT2D eigenvalue weighted by molar-refractivity contribution is -0.173. The van der Waals surface area contributed by atoms with Gasteiger partial charge >= 0.3 is 0 Å². The average molecular weight is 468 g/mol. The zero-order valence-electron chi connectivity index (χ0n) is 20.5. The molecule has 0 aromatic heterocycles. The Morgan fingerprint density at radius 1 is 0.882 bits per heavy atom. The summed E-state index contributed by atoms with van der Waals surface area (Å²) in [5.74, 6) is 0. The van der Waals surface area contributed by atoms with Crippen LogP contribution in [0, 0.1) is 0 Å². The van der Waals surface area contributed by atoms with Gasteiger partial charge in [-0.1, -0.05) is 113 Å². The van der Waals surface area contributed by atoms with Gasteiger partial charge in [-0.15, -0.1) is 0 Å². The molecule has 0 saturated carbocycles. The molecule has 0 aliphatic carbocycles. The average Bonchev–Trinajstić information content (AvgIpc) is 2.88. The number of aliphatic imine (C=N–C) groups is 1. The number of benzene rings is 2. The third-order valence-electron chi connectivity index (χ3n) is 6.46. The second-order valence-electron chi connectivity index (χ2n) is 9.13. The first kappa shape index (κ1) is 26.6. The van der Waals surface area contributed by atoms with Crippen molar-refractivity contribution in [1.29, 1.82) is 0 Å². The molecule has 1 saturated heterocycles.